The van der Waals surface area contributed by atoms with Gasteiger partial charge in [-0.05, 0) is 38.1 Å². The van der Waals surface area contributed by atoms with Crippen molar-refractivity contribution in [3.63, 3.8) is 0 Å². The second-order valence-corrected chi connectivity index (χ2v) is 6.84. The largest absolute Gasteiger partial charge is 0.449 e. The summed E-state index contributed by atoms with van der Waals surface area (Å²) < 4.78 is 8.11. The molecule has 0 saturated carbocycles. The first-order chi connectivity index (χ1) is 13.5. The summed E-state index contributed by atoms with van der Waals surface area (Å²) in [7, 11) is 0. The number of carbonyl (C=O) groups excluding carboxylic acids is 1. The van der Waals surface area contributed by atoms with Crippen molar-refractivity contribution in [1.82, 2.24) is 14.5 Å². The quantitative estimate of drug-likeness (QED) is 0.592. The lowest BCUT2D eigenvalue weighted by molar-refractivity contribution is -0.122. The number of amides is 1. The fraction of sp³-hybridized carbons (Fsp3) is 0.190. The number of furan rings is 1. The molecule has 28 heavy (non-hydrogen) atoms. The van der Waals surface area contributed by atoms with E-state index in [1.165, 1.54) is 4.57 Å². The number of benzene rings is 2. The van der Waals surface area contributed by atoms with Gasteiger partial charge in [0, 0.05) is 11.4 Å². The molecule has 0 radical (unpaired) electrons. The van der Waals surface area contributed by atoms with Gasteiger partial charge in [-0.3, -0.25) is 14.2 Å². The number of carbonyl (C=O) groups is 1. The van der Waals surface area contributed by atoms with E-state index >= 15 is 0 Å². The van der Waals surface area contributed by atoms with Gasteiger partial charge in [0.05, 0.1) is 5.69 Å². The van der Waals surface area contributed by atoms with E-state index in [-0.39, 0.29) is 24.1 Å². The van der Waals surface area contributed by atoms with Gasteiger partial charge in [0.2, 0.25) is 11.5 Å². The van der Waals surface area contributed by atoms with E-state index in [9.17, 15) is 14.4 Å². The SMILES string of the molecule is CC(C)NC(=O)Cn1c(=O)n(-c2ccccc2)c(=O)c2oc3ccccc3c21. The summed E-state index contributed by atoms with van der Waals surface area (Å²) in [6.07, 6.45) is 0. The highest BCUT2D eigenvalue weighted by Gasteiger charge is 2.22. The fourth-order valence-electron chi connectivity index (χ4n) is 3.31. The third-order valence-electron chi connectivity index (χ3n) is 4.42. The van der Waals surface area contributed by atoms with Crippen LogP contribution < -0.4 is 16.6 Å². The predicted molar refractivity (Wildman–Crippen MR) is 107 cm³/mol. The molecule has 0 unspecified atom stereocenters. The molecule has 0 bridgehead atoms. The summed E-state index contributed by atoms with van der Waals surface area (Å²) in [5.74, 6) is -0.318. The summed E-state index contributed by atoms with van der Waals surface area (Å²) in [5, 5.41) is 3.40. The third-order valence-corrected chi connectivity index (χ3v) is 4.42. The molecule has 1 amide bonds. The summed E-state index contributed by atoms with van der Waals surface area (Å²) in [6.45, 7) is 3.47. The van der Waals surface area contributed by atoms with Gasteiger partial charge in [-0.15, -0.1) is 0 Å². The van der Waals surface area contributed by atoms with Crippen LogP contribution in [-0.2, 0) is 11.3 Å². The van der Waals surface area contributed by atoms with Crippen molar-refractivity contribution >= 4 is 28.0 Å². The molecule has 142 valence electrons. The Balaban J connectivity index is 2.08. The first-order valence-corrected chi connectivity index (χ1v) is 8.99. The number of aromatic nitrogens is 2. The molecule has 0 aliphatic rings. The van der Waals surface area contributed by atoms with Crippen LogP contribution in [0.15, 0.2) is 68.6 Å². The molecule has 2 aromatic heterocycles. The van der Waals surface area contributed by atoms with E-state index in [2.05, 4.69) is 5.32 Å². The second kappa shape index (κ2) is 6.84. The van der Waals surface area contributed by atoms with E-state index in [0.29, 0.717) is 22.2 Å². The highest BCUT2D eigenvalue weighted by Crippen LogP contribution is 2.25. The molecule has 2 aromatic carbocycles. The van der Waals surface area contributed by atoms with Crippen LogP contribution >= 0.6 is 0 Å². The monoisotopic (exact) mass is 377 g/mol. The molecule has 0 saturated heterocycles. The molecule has 2 heterocycles. The highest BCUT2D eigenvalue weighted by atomic mass is 16.3. The molecule has 0 aliphatic carbocycles. The molecule has 0 atom stereocenters. The molecule has 0 spiro atoms. The van der Waals surface area contributed by atoms with Crippen LogP contribution in [0, 0.1) is 0 Å². The van der Waals surface area contributed by atoms with Crippen molar-refractivity contribution in [1.29, 1.82) is 0 Å². The van der Waals surface area contributed by atoms with Gasteiger partial charge in [-0.1, -0.05) is 30.3 Å². The zero-order valence-electron chi connectivity index (χ0n) is 15.5. The first kappa shape index (κ1) is 17.8. The number of hydrogen-bond donors (Lipinski definition) is 1. The Morgan fingerprint density at radius 3 is 2.43 bits per heavy atom. The zero-order chi connectivity index (χ0) is 19.8. The van der Waals surface area contributed by atoms with Crippen molar-refractivity contribution in [3.8, 4) is 5.69 Å². The normalized spacial score (nSPS) is 11.4. The van der Waals surface area contributed by atoms with E-state index in [4.69, 9.17) is 4.42 Å². The molecular weight excluding hydrogens is 358 g/mol. The summed E-state index contributed by atoms with van der Waals surface area (Å²) in [6, 6.07) is 15.6. The molecule has 7 heteroatoms. The predicted octanol–water partition coefficient (Wildman–Crippen LogP) is 2.42. The van der Waals surface area contributed by atoms with Gasteiger partial charge in [0.25, 0.3) is 0 Å². The topological polar surface area (TPSA) is 86.2 Å². The molecule has 4 aromatic rings. The summed E-state index contributed by atoms with van der Waals surface area (Å²) >= 11 is 0. The Labute approximate surface area is 159 Å². The number of rotatable bonds is 4. The lowest BCUT2D eigenvalue weighted by Crippen LogP contribution is -2.42. The van der Waals surface area contributed by atoms with Gasteiger partial charge in [-0.25, -0.2) is 9.36 Å². The third kappa shape index (κ3) is 2.90. The minimum absolute atomic E-state index is 0.0435. The Morgan fingerprint density at radius 2 is 1.71 bits per heavy atom. The fourth-order valence-corrected chi connectivity index (χ4v) is 3.31. The number of fused-ring (bicyclic) bond motifs is 3. The number of hydrogen-bond acceptors (Lipinski definition) is 4. The molecule has 7 nitrogen and oxygen atoms in total. The van der Waals surface area contributed by atoms with Gasteiger partial charge in [0.15, 0.2) is 0 Å². The van der Waals surface area contributed by atoms with Crippen LogP contribution in [0.2, 0.25) is 0 Å². The minimum Gasteiger partial charge on any atom is -0.449 e. The van der Waals surface area contributed by atoms with Gasteiger partial charge in [-0.2, -0.15) is 0 Å². The molecule has 1 N–H and O–H groups in total. The van der Waals surface area contributed by atoms with Crippen molar-refractivity contribution in [3.05, 3.63) is 75.4 Å². The maximum atomic E-state index is 13.3. The van der Waals surface area contributed by atoms with Crippen LogP contribution in [0.4, 0.5) is 0 Å². The van der Waals surface area contributed by atoms with E-state index in [0.717, 1.165) is 4.57 Å². The molecule has 0 aliphatic heterocycles. The average molecular weight is 377 g/mol. The zero-order valence-corrected chi connectivity index (χ0v) is 15.5. The Kier molecular flexibility index (Phi) is 4.35. The first-order valence-electron chi connectivity index (χ1n) is 8.99. The van der Waals surface area contributed by atoms with Crippen molar-refractivity contribution < 1.29 is 9.21 Å². The summed E-state index contributed by atoms with van der Waals surface area (Å²) in [5.41, 5.74) is 0.131. The smallest absolute Gasteiger partial charge is 0.336 e. The van der Waals surface area contributed by atoms with Crippen LogP contribution in [-0.4, -0.2) is 21.1 Å². The van der Waals surface area contributed by atoms with Gasteiger partial charge >= 0.3 is 11.2 Å². The van der Waals surface area contributed by atoms with Crippen molar-refractivity contribution in [2.45, 2.75) is 26.4 Å². The maximum absolute atomic E-state index is 13.3. The average Bonchev–Trinajstić information content (AvgIpc) is 3.05. The van der Waals surface area contributed by atoms with Crippen LogP contribution in [0.5, 0.6) is 0 Å². The molecule has 4 rings (SSSR count). The lowest BCUT2D eigenvalue weighted by Gasteiger charge is -2.13. The van der Waals surface area contributed by atoms with Crippen molar-refractivity contribution in [2.75, 3.05) is 0 Å². The van der Waals surface area contributed by atoms with E-state index < -0.39 is 11.2 Å². The number of nitrogens with zero attached hydrogens (tertiary/aromatic N) is 2. The minimum atomic E-state index is -0.589. The molecule has 0 fully saturated rings. The number of nitrogens with one attached hydrogen (secondary N) is 1. The van der Waals surface area contributed by atoms with Gasteiger partial charge in [0.1, 0.15) is 17.6 Å². The summed E-state index contributed by atoms with van der Waals surface area (Å²) in [4.78, 5) is 38.8. The maximum Gasteiger partial charge on any atom is 0.336 e. The number of para-hydroxylation sites is 2. The van der Waals surface area contributed by atoms with E-state index in [1.54, 1.807) is 54.6 Å². The lowest BCUT2D eigenvalue weighted by atomic mass is 10.2. The van der Waals surface area contributed by atoms with Crippen LogP contribution in [0.1, 0.15) is 13.8 Å². The molecular formula is C21H19N3O4. The Morgan fingerprint density at radius 1 is 1.04 bits per heavy atom. The van der Waals surface area contributed by atoms with Crippen molar-refractivity contribution in [2.24, 2.45) is 0 Å². The highest BCUT2D eigenvalue weighted by molar-refractivity contribution is 6.02. The Hall–Kier alpha value is -3.61. The van der Waals surface area contributed by atoms with Gasteiger partial charge < -0.3 is 9.73 Å². The van der Waals surface area contributed by atoms with Crippen LogP contribution in [0.25, 0.3) is 27.8 Å². The second-order valence-electron chi connectivity index (χ2n) is 6.84. The standard InChI is InChI=1S/C21H19N3O4/c1-13(2)22-17(25)12-23-18-15-10-6-7-11-16(15)28-19(18)20(26)24(21(23)27)14-8-4-3-5-9-14/h3-11,13H,12H2,1-2H3,(H,22,25). The van der Waals surface area contributed by atoms with Crippen LogP contribution in [0.3, 0.4) is 0 Å². The Bertz CT molecular complexity index is 1300. The van der Waals surface area contributed by atoms with E-state index in [1.807, 2.05) is 13.8 Å².